The monoisotopic (exact) mass is 1530 g/mol. The first-order valence-electron chi connectivity index (χ1n) is 41.4. The van der Waals surface area contributed by atoms with Gasteiger partial charge in [0.05, 0.1) is 26.4 Å². The molecule has 0 radical (unpaired) electrons. The second kappa shape index (κ2) is 78.3. The standard InChI is InChI=1S/C87H148O17P2/c1-5-9-13-17-21-25-29-33-37-39-40-42-46-48-52-56-60-64-68-72-85(90)98-78-83(104-87(92)74-70-66-62-58-54-50-44-36-32-28-24-20-16-12-8-4)80-102-106(95,96)100-76-81(88)75-99-105(93,94)101-79-82(103-86(91)73-69-65-61-57-53-49-43-35-31-27-23-19-15-11-7-3)77-97-84(89)71-67-63-59-55-51-47-45-41-38-34-30-26-22-18-14-10-6-2/h21-22,25-28,31-34,37-38,40,42,45,47-48,52,55,59-60,64,81-83,88H,5-20,23-24,29-30,35-36,39,41,43-44,46,49-51,53-54,56-58,61-63,65-80H2,1-4H3,(H,93,94)(H,95,96)/b25-21-,26-22-,31-27-,32-28-,37-33-,38-34-,42-40-,47-45-,52-48-,59-55-,64-60-/t81-,82+,83+/m0/s1. The van der Waals surface area contributed by atoms with Crippen LogP contribution in [-0.4, -0.2) is 96.7 Å². The van der Waals surface area contributed by atoms with E-state index in [9.17, 15) is 43.2 Å². The van der Waals surface area contributed by atoms with E-state index in [1.54, 1.807) is 0 Å². The van der Waals surface area contributed by atoms with E-state index in [2.05, 4.69) is 137 Å². The molecule has 0 heterocycles. The third-order valence-corrected chi connectivity index (χ3v) is 19.0. The molecule has 0 aliphatic rings. The Kier molecular flexibility index (Phi) is 74.8. The van der Waals surface area contributed by atoms with Gasteiger partial charge in [0.25, 0.3) is 0 Å². The van der Waals surface area contributed by atoms with Crippen LogP contribution in [0.2, 0.25) is 0 Å². The van der Waals surface area contributed by atoms with Gasteiger partial charge in [-0.25, -0.2) is 9.13 Å². The summed E-state index contributed by atoms with van der Waals surface area (Å²) in [5.74, 6) is -2.34. The van der Waals surface area contributed by atoms with Gasteiger partial charge in [-0.2, -0.15) is 0 Å². The molecule has 608 valence electrons. The van der Waals surface area contributed by atoms with Crippen molar-refractivity contribution >= 4 is 39.5 Å². The summed E-state index contributed by atoms with van der Waals surface area (Å²) in [4.78, 5) is 73.1. The first-order chi connectivity index (χ1) is 51.7. The van der Waals surface area contributed by atoms with E-state index in [0.29, 0.717) is 38.5 Å². The number of allylic oxidation sites excluding steroid dienone is 22. The summed E-state index contributed by atoms with van der Waals surface area (Å²) in [7, 11) is -10.0. The number of phosphoric acid groups is 2. The van der Waals surface area contributed by atoms with E-state index in [-0.39, 0.29) is 25.7 Å². The van der Waals surface area contributed by atoms with E-state index in [1.165, 1.54) is 89.9 Å². The molecule has 0 aromatic rings. The topological polar surface area (TPSA) is 237 Å². The Morgan fingerprint density at radius 2 is 0.491 bits per heavy atom. The zero-order valence-electron chi connectivity index (χ0n) is 66.6. The molecular formula is C87H148O17P2. The molecule has 17 nitrogen and oxygen atoms in total. The summed E-state index contributed by atoms with van der Waals surface area (Å²) in [6.07, 6.45) is 88.7. The molecule has 0 aromatic heterocycles. The average Bonchev–Trinajstić information content (AvgIpc) is 0.909. The van der Waals surface area contributed by atoms with Crippen LogP contribution in [0.4, 0.5) is 0 Å². The maximum atomic E-state index is 13.1. The highest BCUT2D eigenvalue weighted by molar-refractivity contribution is 7.47. The summed E-state index contributed by atoms with van der Waals surface area (Å²) >= 11 is 0. The number of phosphoric ester groups is 2. The van der Waals surface area contributed by atoms with Gasteiger partial charge in [0.1, 0.15) is 19.3 Å². The zero-order valence-corrected chi connectivity index (χ0v) is 68.4. The van der Waals surface area contributed by atoms with Crippen molar-refractivity contribution in [3.63, 3.8) is 0 Å². The number of ether oxygens (including phenoxy) is 4. The van der Waals surface area contributed by atoms with Crippen LogP contribution in [0.1, 0.15) is 336 Å². The first kappa shape index (κ1) is 101. The Labute approximate surface area is 644 Å². The maximum absolute atomic E-state index is 13.1. The second-order valence-corrected chi connectivity index (χ2v) is 30.3. The lowest BCUT2D eigenvalue weighted by molar-refractivity contribution is -0.161. The molecule has 106 heavy (non-hydrogen) atoms. The lowest BCUT2D eigenvalue weighted by Gasteiger charge is -2.21. The molecule has 0 rings (SSSR count). The SMILES string of the molecule is CCCCC/C=C\C/C=C\C/C=C\C/C=C\C/C=C\CCC(=O)OC[C@H](COP(=O)(O)OC[C@@H](O)COP(=O)(O)OC[C@@H](COC(=O)CCC/C=C\C/C=C\C/C=C\C/C=C\CCCCC)OC(=O)CCCCCCCCC/C=C\CCCCCC)OC(=O)CCCCCCCCC/C=C\CCCCCC. The van der Waals surface area contributed by atoms with Crippen LogP contribution in [0.25, 0.3) is 0 Å². The molecule has 0 bridgehead atoms. The van der Waals surface area contributed by atoms with Gasteiger partial charge in [0.2, 0.25) is 0 Å². The van der Waals surface area contributed by atoms with Crippen molar-refractivity contribution in [2.24, 2.45) is 0 Å². The molecule has 0 aliphatic heterocycles. The maximum Gasteiger partial charge on any atom is 0.472 e. The number of esters is 4. The predicted octanol–water partition coefficient (Wildman–Crippen LogP) is 24.4. The molecular weight excluding hydrogens is 1380 g/mol. The molecule has 19 heteroatoms. The molecule has 2 unspecified atom stereocenters. The molecule has 0 aromatic carbocycles. The number of aliphatic hydroxyl groups excluding tert-OH is 1. The minimum Gasteiger partial charge on any atom is -0.462 e. The summed E-state index contributed by atoms with van der Waals surface area (Å²) < 4.78 is 68.6. The number of aliphatic hydroxyl groups is 1. The van der Waals surface area contributed by atoms with E-state index >= 15 is 0 Å². The van der Waals surface area contributed by atoms with Crippen LogP contribution in [-0.2, 0) is 65.4 Å². The zero-order chi connectivity index (χ0) is 77.4. The highest BCUT2D eigenvalue weighted by atomic mass is 31.2. The molecule has 0 amide bonds. The van der Waals surface area contributed by atoms with E-state index in [0.717, 1.165) is 154 Å². The normalized spacial score (nSPS) is 14.5. The van der Waals surface area contributed by atoms with Crippen LogP contribution < -0.4 is 0 Å². The second-order valence-electron chi connectivity index (χ2n) is 27.3. The molecule has 0 saturated carbocycles. The van der Waals surface area contributed by atoms with Gasteiger partial charge >= 0.3 is 39.5 Å². The molecule has 0 aliphatic carbocycles. The van der Waals surface area contributed by atoms with Gasteiger partial charge in [-0.15, -0.1) is 0 Å². The van der Waals surface area contributed by atoms with Crippen molar-refractivity contribution in [3.8, 4) is 0 Å². The Bertz CT molecular complexity index is 2530. The van der Waals surface area contributed by atoms with Crippen molar-refractivity contribution < 1.29 is 80.2 Å². The van der Waals surface area contributed by atoms with Crippen molar-refractivity contribution in [1.82, 2.24) is 0 Å². The highest BCUT2D eigenvalue weighted by Crippen LogP contribution is 2.45. The number of unbranched alkanes of at least 4 members (excludes halogenated alkanes) is 29. The van der Waals surface area contributed by atoms with Gasteiger partial charge in [-0.05, 0) is 154 Å². The fourth-order valence-corrected chi connectivity index (χ4v) is 12.3. The van der Waals surface area contributed by atoms with E-state index in [1.807, 2.05) is 24.3 Å². The Hall–Kier alpha value is -4.80. The van der Waals surface area contributed by atoms with Gasteiger partial charge in [0, 0.05) is 25.7 Å². The van der Waals surface area contributed by atoms with Crippen molar-refractivity contribution in [3.05, 3.63) is 134 Å². The Morgan fingerprint density at radius 3 is 0.821 bits per heavy atom. The summed E-state index contributed by atoms with van der Waals surface area (Å²) in [6, 6.07) is 0. The first-order valence-corrected chi connectivity index (χ1v) is 44.4. The molecule has 0 fully saturated rings. The summed E-state index contributed by atoms with van der Waals surface area (Å²) in [5.41, 5.74) is 0. The minimum atomic E-state index is -5.00. The van der Waals surface area contributed by atoms with E-state index in [4.69, 9.17) is 37.0 Å². The number of hydrogen-bond acceptors (Lipinski definition) is 15. The quantitative estimate of drug-likeness (QED) is 0.0169. The lowest BCUT2D eigenvalue weighted by atomic mass is 10.1. The molecule has 0 saturated heterocycles. The number of carbonyl (C=O) groups is 4. The molecule has 5 atom stereocenters. The molecule has 0 spiro atoms. The van der Waals surface area contributed by atoms with Crippen LogP contribution in [0.15, 0.2) is 134 Å². The van der Waals surface area contributed by atoms with Gasteiger partial charge in [0.15, 0.2) is 12.2 Å². The third-order valence-electron chi connectivity index (χ3n) is 17.1. The summed E-state index contributed by atoms with van der Waals surface area (Å²) in [6.45, 7) is 4.66. The van der Waals surface area contributed by atoms with Crippen molar-refractivity contribution in [1.29, 1.82) is 0 Å². The fraction of sp³-hybridized carbons (Fsp3) is 0.701. The lowest BCUT2D eigenvalue weighted by Crippen LogP contribution is -2.30. The fourth-order valence-electron chi connectivity index (χ4n) is 10.7. The van der Waals surface area contributed by atoms with Gasteiger partial charge in [-0.3, -0.25) is 37.3 Å². The van der Waals surface area contributed by atoms with Crippen molar-refractivity contribution in [2.75, 3.05) is 39.6 Å². The van der Waals surface area contributed by atoms with E-state index < -0.39 is 97.5 Å². The van der Waals surface area contributed by atoms with Crippen molar-refractivity contribution in [2.45, 2.75) is 354 Å². The highest BCUT2D eigenvalue weighted by Gasteiger charge is 2.30. The summed E-state index contributed by atoms with van der Waals surface area (Å²) in [5, 5.41) is 10.7. The van der Waals surface area contributed by atoms with Crippen LogP contribution in [0, 0.1) is 0 Å². The smallest absolute Gasteiger partial charge is 0.462 e. The number of hydrogen-bond donors (Lipinski definition) is 3. The Morgan fingerprint density at radius 1 is 0.264 bits per heavy atom. The Balaban J connectivity index is 5.47. The van der Waals surface area contributed by atoms with Crippen LogP contribution in [0.5, 0.6) is 0 Å². The average molecular weight is 1530 g/mol. The third kappa shape index (κ3) is 77.4. The predicted molar refractivity (Wildman–Crippen MR) is 436 cm³/mol. The van der Waals surface area contributed by atoms with Gasteiger partial charge < -0.3 is 33.8 Å². The van der Waals surface area contributed by atoms with Crippen LogP contribution in [0.3, 0.4) is 0 Å². The number of carbonyl (C=O) groups excluding carboxylic acids is 4. The minimum absolute atomic E-state index is 0.0341. The van der Waals surface area contributed by atoms with Gasteiger partial charge in [-0.1, -0.05) is 290 Å². The van der Waals surface area contributed by atoms with Crippen LogP contribution >= 0.6 is 15.6 Å². The number of rotatable bonds is 77. The molecule has 3 N–H and O–H groups in total. The largest absolute Gasteiger partial charge is 0.472 e.